The lowest BCUT2D eigenvalue weighted by molar-refractivity contribution is 0.112. The Labute approximate surface area is 106 Å². The van der Waals surface area contributed by atoms with Crippen LogP contribution in [0.3, 0.4) is 0 Å². The Balaban J connectivity index is 2.62. The highest BCUT2D eigenvalue weighted by Crippen LogP contribution is 2.05. The molecule has 0 fully saturated rings. The molecule has 0 saturated heterocycles. The van der Waals surface area contributed by atoms with Gasteiger partial charge in [0.15, 0.2) is 9.84 Å². The highest BCUT2D eigenvalue weighted by atomic mass is 35.5. The maximum Gasteiger partial charge on any atom is 0.155 e. The molecule has 92 valence electrons. The summed E-state index contributed by atoms with van der Waals surface area (Å²) in [4.78, 5) is 10.4. The molecular formula is C12H13ClO3S. The third-order valence-corrected chi connectivity index (χ3v) is 4.06. The van der Waals surface area contributed by atoms with Crippen molar-refractivity contribution in [2.24, 2.45) is 0 Å². The van der Waals surface area contributed by atoms with Gasteiger partial charge in [0.25, 0.3) is 0 Å². The number of carbonyl (C=O) groups is 1. The third-order valence-electron chi connectivity index (χ3n) is 2.12. The van der Waals surface area contributed by atoms with Crippen molar-refractivity contribution in [3.8, 4) is 0 Å². The van der Waals surface area contributed by atoms with Crippen LogP contribution in [0.25, 0.3) is 6.08 Å². The van der Waals surface area contributed by atoms with E-state index in [1.54, 1.807) is 36.4 Å². The first-order chi connectivity index (χ1) is 8.07. The van der Waals surface area contributed by atoms with Crippen LogP contribution in [0.4, 0.5) is 0 Å². The summed E-state index contributed by atoms with van der Waals surface area (Å²) in [5.74, 6) is 0.0856. The number of carbonyl (C=O) groups excluding carboxylic acids is 1. The summed E-state index contributed by atoms with van der Waals surface area (Å²) in [5.41, 5.74) is 1.45. The predicted molar refractivity (Wildman–Crippen MR) is 70.2 cm³/mol. The molecule has 0 radical (unpaired) electrons. The van der Waals surface area contributed by atoms with E-state index in [1.807, 2.05) is 0 Å². The van der Waals surface area contributed by atoms with E-state index in [-0.39, 0.29) is 17.4 Å². The molecule has 1 aromatic rings. The van der Waals surface area contributed by atoms with Crippen molar-refractivity contribution in [1.82, 2.24) is 0 Å². The minimum Gasteiger partial charge on any atom is -0.298 e. The summed E-state index contributed by atoms with van der Waals surface area (Å²) in [6, 6.07) is 6.88. The minimum atomic E-state index is -3.09. The standard InChI is InChI=1S/C12H13ClO3S/c13-7-9-17(15,16)8-1-2-11-3-5-12(10-14)6-4-11/h1-6,10H,7-9H2. The van der Waals surface area contributed by atoms with E-state index in [4.69, 9.17) is 11.6 Å². The number of hydrogen-bond acceptors (Lipinski definition) is 3. The van der Waals surface area contributed by atoms with Crippen molar-refractivity contribution in [1.29, 1.82) is 0 Å². The quantitative estimate of drug-likeness (QED) is 0.589. The molecule has 0 N–H and O–H groups in total. The van der Waals surface area contributed by atoms with Crippen LogP contribution in [-0.4, -0.2) is 32.1 Å². The summed E-state index contributed by atoms with van der Waals surface area (Å²) in [6.07, 6.45) is 4.05. The summed E-state index contributed by atoms with van der Waals surface area (Å²) in [6.45, 7) is 0. The smallest absolute Gasteiger partial charge is 0.155 e. The molecule has 0 spiro atoms. The molecule has 1 rings (SSSR count). The zero-order valence-electron chi connectivity index (χ0n) is 9.17. The van der Waals surface area contributed by atoms with Crippen LogP contribution in [0.15, 0.2) is 30.3 Å². The average molecular weight is 273 g/mol. The van der Waals surface area contributed by atoms with Gasteiger partial charge in [-0.15, -0.1) is 11.6 Å². The lowest BCUT2D eigenvalue weighted by atomic mass is 10.1. The van der Waals surface area contributed by atoms with Gasteiger partial charge in [0, 0.05) is 11.4 Å². The van der Waals surface area contributed by atoms with E-state index in [0.717, 1.165) is 11.8 Å². The number of benzene rings is 1. The topological polar surface area (TPSA) is 51.2 Å². The molecule has 17 heavy (non-hydrogen) atoms. The highest BCUT2D eigenvalue weighted by molar-refractivity contribution is 7.91. The van der Waals surface area contributed by atoms with Crippen molar-refractivity contribution < 1.29 is 13.2 Å². The summed E-state index contributed by atoms with van der Waals surface area (Å²) >= 11 is 5.38. The van der Waals surface area contributed by atoms with Crippen LogP contribution in [-0.2, 0) is 9.84 Å². The zero-order chi connectivity index (χ0) is 12.7. The fraction of sp³-hybridized carbons (Fsp3) is 0.250. The van der Waals surface area contributed by atoms with Gasteiger partial charge in [-0.25, -0.2) is 8.42 Å². The van der Waals surface area contributed by atoms with Crippen LogP contribution >= 0.6 is 11.6 Å². The van der Waals surface area contributed by atoms with Crippen molar-refractivity contribution in [2.45, 2.75) is 0 Å². The van der Waals surface area contributed by atoms with E-state index in [0.29, 0.717) is 5.56 Å². The van der Waals surface area contributed by atoms with Gasteiger partial charge in [0.05, 0.1) is 11.5 Å². The SMILES string of the molecule is O=Cc1ccc(C=CCS(=O)(=O)CCCl)cc1. The summed E-state index contributed by atoms with van der Waals surface area (Å²) in [7, 11) is -3.09. The van der Waals surface area contributed by atoms with E-state index in [1.165, 1.54) is 0 Å². The van der Waals surface area contributed by atoms with E-state index in [9.17, 15) is 13.2 Å². The number of halogens is 1. The maximum atomic E-state index is 11.3. The minimum absolute atomic E-state index is 0.0109. The third kappa shape index (κ3) is 5.15. The molecule has 0 atom stereocenters. The molecule has 0 unspecified atom stereocenters. The van der Waals surface area contributed by atoms with Gasteiger partial charge in [0.1, 0.15) is 6.29 Å². The fourth-order valence-electron chi connectivity index (χ4n) is 1.22. The molecule has 3 nitrogen and oxygen atoms in total. The Bertz CT molecular complexity index is 489. The van der Waals surface area contributed by atoms with Gasteiger partial charge in [-0.1, -0.05) is 36.4 Å². The molecule has 0 aliphatic rings. The highest BCUT2D eigenvalue weighted by Gasteiger charge is 2.06. The average Bonchev–Trinajstić information content (AvgIpc) is 2.29. The van der Waals surface area contributed by atoms with Gasteiger partial charge < -0.3 is 0 Å². The molecule has 0 amide bonds. The molecule has 0 heterocycles. The van der Waals surface area contributed by atoms with Gasteiger partial charge >= 0.3 is 0 Å². The number of rotatable bonds is 6. The second-order valence-corrected chi connectivity index (χ2v) is 6.10. The second-order valence-electron chi connectivity index (χ2n) is 3.49. The lowest BCUT2D eigenvalue weighted by Crippen LogP contribution is -2.10. The lowest BCUT2D eigenvalue weighted by Gasteiger charge is -1.97. The van der Waals surface area contributed by atoms with Crippen molar-refractivity contribution in [3.05, 3.63) is 41.5 Å². The van der Waals surface area contributed by atoms with Crippen LogP contribution in [0.2, 0.25) is 0 Å². The van der Waals surface area contributed by atoms with Crippen LogP contribution in [0.5, 0.6) is 0 Å². The number of aldehydes is 1. The Morgan fingerprint density at radius 1 is 1.12 bits per heavy atom. The summed E-state index contributed by atoms with van der Waals surface area (Å²) in [5, 5.41) is 0. The van der Waals surface area contributed by atoms with Crippen LogP contribution in [0, 0.1) is 0 Å². The first-order valence-corrected chi connectivity index (χ1v) is 7.41. The van der Waals surface area contributed by atoms with Gasteiger partial charge in [-0.2, -0.15) is 0 Å². The molecule has 0 aromatic heterocycles. The maximum absolute atomic E-state index is 11.3. The van der Waals surface area contributed by atoms with Gasteiger partial charge in [-0.3, -0.25) is 4.79 Å². The fourth-order valence-corrected chi connectivity index (χ4v) is 2.71. The number of sulfone groups is 1. The molecule has 0 bridgehead atoms. The monoisotopic (exact) mass is 272 g/mol. The first-order valence-electron chi connectivity index (χ1n) is 5.05. The van der Waals surface area contributed by atoms with Crippen molar-refractivity contribution in [2.75, 3.05) is 17.4 Å². The van der Waals surface area contributed by atoms with Crippen molar-refractivity contribution >= 4 is 33.8 Å². The van der Waals surface area contributed by atoms with E-state index < -0.39 is 9.84 Å². The van der Waals surface area contributed by atoms with E-state index >= 15 is 0 Å². The zero-order valence-corrected chi connectivity index (χ0v) is 10.7. The molecule has 0 aliphatic carbocycles. The molecule has 0 aliphatic heterocycles. The van der Waals surface area contributed by atoms with Crippen LogP contribution in [0.1, 0.15) is 15.9 Å². The van der Waals surface area contributed by atoms with Crippen molar-refractivity contribution in [3.63, 3.8) is 0 Å². The summed E-state index contributed by atoms with van der Waals surface area (Å²) < 4.78 is 22.7. The van der Waals surface area contributed by atoms with Gasteiger partial charge in [0.2, 0.25) is 0 Å². The normalized spacial score (nSPS) is 11.8. The largest absolute Gasteiger partial charge is 0.298 e. The second kappa shape index (κ2) is 6.57. The molecule has 1 aromatic carbocycles. The Morgan fingerprint density at radius 2 is 1.71 bits per heavy atom. The molecular weight excluding hydrogens is 260 g/mol. The van der Waals surface area contributed by atoms with Gasteiger partial charge in [-0.05, 0) is 5.56 Å². The van der Waals surface area contributed by atoms with E-state index in [2.05, 4.69) is 0 Å². The van der Waals surface area contributed by atoms with Crippen LogP contribution < -0.4 is 0 Å². The Morgan fingerprint density at radius 3 is 2.24 bits per heavy atom. The Hall–Kier alpha value is -1.13. The number of alkyl halides is 1. The number of hydrogen-bond donors (Lipinski definition) is 0. The Kier molecular flexibility index (Phi) is 5.38. The molecule has 5 heteroatoms. The first kappa shape index (κ1) is 13.9. The predicted octanol–water partition coefficient (Wildman–Crippen LogP) is 2.17. The molecule has 0 saturated carbocycles.